The van der Waals surface area contributed by atoms with Crippen molar-refractivity contribution >= 4 is 0 Å². The molecule has 2 fully saturated rings. The van der Waals surface area contributed by atoms with Crippen LogP contribution in [0.4, 0.5) is 0 Å². The summed E-state index contributed by atoms with van der Waals surface area (Å²) in [6.07, 6.45) is 9.70. The summed E-state index contributed by atoms with van der Waals surface area (Å²) in [7, 11) is 0. The highest BCUT2D eigenvalue weighted by Crippen LogP contribution is 2.37. The zero-order valence-corrected chi connectivity index (χ0v) is 11.8. The molecular formula is C15H30N2. The first-order valence-corrected chi connectivity index (χ1v) is 7.59. The first-order chi connectivity index (χ1) is 8.15. The van der Waals surface area contributed by atoms with E-state index in [4.69, 9.17) is 5.73 Å². The van der Waals surface area contributed by atoms with Crippen LogP contribution in [0.5, 0.6) is 0 Å². The molecule has 2 aliphatic rings. The molecule has 1 saturated carbocycles. The molecule has 0 radical (unpaired) electrons. The Bertz CT molecular complexity index is 233. The van der Waals surface area contributed by atoms with E-state index in [1.165, 1.54) is 58.0 Å². The normalized spacial score (nSPS) is 34.8. The van der Waals surface area contributed by atoms with E-state index in [1.807, 2.05) is 0 Å². The summed E-state index contributed by atoms with van der Waals surface area (Å²) in [6.45, 7) is 8.25. The van der Waals surface area contributed by atoms with Crippen LogP contribution in [-0.4, -0.2) is 30.6 Å². The zero-order valence-electron chi connectivity index (χ0n) is 11.8. The lowest BCUT2D eigenvalue weighted by molar-refractivity contribution is 0.0531. The zero-order chi connectivity index (χ0) is 12.3. The minimum atomic E-state index is 0.451. The van der Waals surface area contributed by atoms with Gasteiger partial charge in [0, 0.05) is 12.6 Å². The fourth-order valence-corrected chi connectivity index (χ4v) is 3.85. The van der Waals surface area contributed by atoms with E-state index in [0.29, 0.717) is 5.41 Å². The predicted molar refractivity (Wildman–Crippen MR) is 74.0 cm³/mol. The molecule has 2 N–H and O–H groups in total. The van der Waals surface area contributed by atoms with Crippen LogP contribution in [-0.2, 0) is 0 Å². The average molecular weight is 238 g/mol. The molecule has 0 aromatic carbocycles. The van der Waals surface area contributed by atoms with Crippen LogP contribution in [0.15, 0.2) is 0 Å². The molecular weight excluding hydrogens is 208 g/mol. The minimum Gasteiger partial charge on any atom is -0.330 e. The van der Waals surface area contributed by atoms with Gasteiger partial charge in [0.2, 0.25) is 0 Å². The molecule has 2 atom stereocenters. The number of nitrogens with two attached hydrogens (primary N) is 1. The van der Waals surface area contributed by atoms with Gasteiger partial charge >= 0.3 is 0 Å². The van der Waals surface area contributed by atoms with E-state index in [0.717, 1.165) is 18.5 Å². The number of rotatable bonds is 3. The predicted octanol–water partition coefficient (Wildman–Crippen LogP) is 3.02. The van der Waals surface area contributed by atoms with E-state index in [1.54, 1.807) is 0 Å². The summed E-state index contributed by atoms with van der Waals surface area (Å²) in [5, 5.41) is 0. The van der Waals surface area contributed by atoms with Gasteiger partial charge in [-0.15, -0.1) is 0 Å². The second-order valence-electron chi connectivity index (χ2n) is 6.71. The van der Waals surface area contributed by atoms with Crippen molar-refractivity contribution in [2.45, 2.75) is 64.8 Å². The summed E-state index contributed by atoms with van der Waals surface area (Å²) < 4.78 is 0. The third-order valence-electron chi connectivity index (χ3n) is 5.16. The van der Waals surface area contributed by atoms with E-state index in [-0.39, 0.29) is 0 Å². The maximum Gasteiger partial charge on any atom is 0.00697 e. The fraction of sp³-hybridized carbons (Fsp3) is 1.00. The van der Waals surface area contributed by atoms with Crippen molar-refractivity contribution in [1.82, 2.24) is 4.90 Å². The van der Waals surface area contributed by atoms with Crippen molar-refractivity contribution in [3.8, 4) is 0 Å². The Morgan fingerprint density at radius 2 is 1.88 bits per heavy atom. The third kappa shape index (κ3) is 3.23. The number of hydrogen-bond acceptors (Lipinski definition) is 2. The lowest BCUT2D eigenvalue weighted by Gasteiger charge is -2.45. The van der Waals surface area contributed by atoms with Gasteiger partial charge in [0.05, 0.1) is 0 Å². The van der Waals surface area contributed by atoms with E-state index < -0.39 is 0 Å². The Kier molecular flexibility index (Phi) is 4.48. The highest BCUT2D eigenvalue weighted by Gasteiger charge is 2.35. The molecule has 0 bridgehead atoms. The molecule has 0 aromatic rings. The quantitative estimate of drug-likeness (QED) is 0.819. The van der Waals surface area contributed by atoms with Gasteiger partial charge in [-0.1, -0.05) is 26.2 Å². The minimum absolute atomic E-state index is 0.451. The SMILES string of the molecule is CC1CCN(CC2(CN)CCCCC2)C(C)C1. The monoisotopic (exact) mass is 238 g/mol. The Labute approximate surface area is 107 Å². The van der Waals surface area contributed by atoms with Crippen LogP contribution >= 0.6 is 0 Å². The summed E-state index contributed by atoms with van der Waals surface area (Å²) in [5.41, 5.74) is 6.55. The molecule has 0 spiro atoms. The first-order valence-electron chi connectivity index (χ1n) is 7.59. The van der Waals surface area contributed by atoms with Gasteiger partial charge in [0.15, 0.2) is 0 Å². The second-order valence-corrected chi connectivity index (χ2v) is 6.71. The van der Waals surface area contributed by atoms with Crippen LogP contribution < -0.4 is 5.73 Å². The molecule has 1 aliphatic carbocycles. The third-order valence-corrected chi connectivity index (χ3v) is 5.16. The van der Waals surface area contributed by atoms with Crippen molar-refractivity contribution in [1.29, 1.82) is 0 Å². The van der Waals surface area contributed by atoms with Crippen molar-refractivity contribution in [2.75, 3.05) is 19.6 Å². The van der Waals surface area contributed by atoms with Gasteiger partial charge in [-0.25, -0.2) is 0 Å². The Morgan fingerprint density at radius 1 is 1.18 bits per heavy atom. The molecule has 2 unspecified atom stereocenters. The highest BCUT2D eigenvalue weighted by molar-refractivity contribution is 4.89. The van der Waals surface area contributed by atoms with Crippen molar-refractivity contribution < 1.29 is 0 Å². The topological polar surface area (TPSA) is 29.3 Å². The van der Waals surface area contributed by atoms with E-state index in [9.17, 15) is 0 Å². The second kappa shape index (κ2) is 5.71. The summed E-state index contributed by atoms with van der Waals surface area (Å²) in [4.78, 5) is 2.72. The van der Waals surface area contributed by atoms with Crippen molar-refractivity contribution in [3.05, 3.63) is 0 Å². The number of hydrogen-bond donors (Lipinski definition) is 1. The van der Waals surface area contributed by atoms with Gasteiger partial charge in [0.25, 0.3) is 0 Å². The lowest BCUT2D eigenvalue weighted by Crippen LogP contribution is -2.49. The van der Waals surface area contributed by atoms with Gasteiger partial charge in [-0.05, 0) is 57.0 Å². The summed E-state index contributed by atoms with van der Waals surface area (Å²) >= 11 is 0. The lowest BCUT2D eigenvalue weighted by atomic mass is 9.73. The largest absolute Gasteiger partial charge is 0.330 e. The Balaban J connectivity index is 1.93. The van der Waals surface area contributed by atoms with Gasteiger partial charge in [0.1, 0.15) is 0 Å². The molecule has 2 rings (SSSR count). The van der Waals surface area contributed by atoms with Crippen molar-refractivity contribution in [2.24, 2.45) is 17.1 Å². The maximum atomic E-state index is 6.10. The van der Waals surface area contributed by atoms with Gasteiger partial charge in [-0.2, -0.15) is 0 Å². The Morgan fingerprint density at radius 3 is 2.47 bits per heavy atom. The summed E-state index contributed by atoms with van der Waals surface area (Å²) in [6, 6.07) is 0.768. The van der Waals surface area contributed by atoms with Crippen LogP contribution in [0.1, 0.15) is 58.8 Å². The van der Waals surface area contributed by atoms with Crippen LogP contribution in [0.3, 0.4) is 0 Å². The molecule has 0 amide bonds. The van der Waals surface area contributed by atoms with Gasteiger partial charge < -0.3 is 10.6 Å². The standard InChI is InChI=1S/C15H30N2/c1-13-6-9-17(14(2)10-13)12-15(11-16)7-4-3-5-8-15/h13-14H,3-12,16H2,1-2H3. The molecule has 2 nitrogen and oxygen atoms in total. The fourth-order valence-electron chi connectivity index (χ4n) is 3.85. The smallest absolute Gasteiger partial charge is 0.00697 e. The molecule has 1 aliphatic heterocycles. The average Bonchev–Trinajstić information content (AvgIpc) is 2.34. The molecule has 2 heteroatoms. The number of piperidine rings is 1. The maximum absolute atomic E-state index is 6.10. The van der Waals surface area contributed by atoms with E-state index >= 15 is 0 Å². The summed E-state index contributed by atoms with van der Waals surface area (Å²) in [5.74, 6) is 0.918. The van der Waals surface area contributed by atoms with Crippen LogP contribution in [0.25, 0.3) is 0 Å². The molecule has 17 heavy (non-hydrogen) atoms. The van der Waals surface area contributed by atoms with Crippen LogP contribution in [0.2, 0.25) is 0 Å². The highest BCUT2D eigenvalue weighted by atomic mass is 15.2. The van der Waals surface area contributed by atoms with Crippen molar-refractivity contribution in [3.63, 3.8) is 0 Å². The van der Waals surface area contributed by atoms with Crippen LogP contribution in [0, 0.1) is 11.3 Å². The number of nitrogens with zero attached hydrogens (tertiary/aromatic N) is 1. The van der Waals surface area contributed by atoms with Gasteiger partial charge in [-0.3, -0.25) is 0 Å². The number of likely N-dealkylation sites (tertiary alicyclic amines) is 1. The molecule has 100 valence electrons. The molecule has 0 aromatic heterocycles. The molecule has 1 heterocycles. The Hall–Kier alpha value is -0.0800. The van der Waals surface area contributed by atoms with E-state index in [2.05, 4.69) is 18.7 Å². The molecule has 1 saturated heterocycles. The first kappa shape index (κ1) is 13.4.